The van der Waals surface area contributed by atoms with Crippen molar-refractivity contribution in [3.8, 4) is 17.2 Å². The molecule has 168 valence electrons. The molecular formula is C23H22ClNO7. The predicted molar refractivity (Wildman–Crippen MR) is 116 cm³/mol. The van der Waals surface area contributed by atoms with Gasteiger partial charge in [-0.25, -0.2) is 0 Å². The summed E-state index contributed by atoms with van der Waals surface area (Å²) in [5.74, 6) is -1.01. The molecule has 1 amide bonds. The number of methoxy groups -OCH3 is 1. The maximum absolute atomic E-state index is 13.0. The van der Waals surface area contributed by atoms with E-state index >= 15 is 0 Å². The SMILES string of the molecule is COCCCN1C(=O)C(=O)/C(=C(\O)c2ccc3c(c2)OCCO3)C1c1ccc(O)c(Cl)c1. The van der Waals surface area contributed by atoms with Gasteiger partial charge in [-0.1, -0.05) is 17.7 Å². The largest absolute Gasteiger partial charge is 0.507 e. The number of fused-ring (bicyclic) bond motifs is 1. The molecule has 0 saturated carbocycles. The number of Topliss-reactive ketones (excluding diaryl/α,β-unsaturated/α-hetero) is 1. The van der Waals surface area contributed by atoms with Crippen molar-refractivity contribution in [3.63, 3.8) is 0 Å². The smallest absolute Gasteiger partial charge is 0.295 e. The fourth-order valence-corrected chi connectivity index (χ4v) is 4.06. The topological polar surface area (TPSA) is 106 Å². The van der Waals surface area contributed by atoms with Crippen LogP contribution in [0.5, 0.6) is 17.2 Å². The summed E-state index contributed by atoms with van der Waals surface area (Å²) in [4.78, 5) is 27.3. The number of aromatic hydroxyl groups is 1. The highest BCUT2D eigenvalue weighted by Crippen LogP contribution is 2.42. The zero-order valence-electron chi connectivity index (χ0n) is 17.3. The zero-order valence-corrected chi connectivity index (χ0v) is 18.1. The third-order valence-corrected chi connectivity index (χ3v) is 5.69. The second-order valence-corrected chi connectivity index (χ2v) is 7.82. The van der Waals surface area contributed by atoms with Crippen molar-refractivity contribution in [1.82, 2.24) is 4.90 Å². The number of nitrogens with zero attached hydrogens (tertiary/aromatic N) is 1. The Labute approximate surface area is 189 Å². The first-order valence-corrected chi connectivity index (χ1v) is 10.5. The predicted octanol–water partition coefficient (Wildman–Crippen LogP) is 3.28. The third kappa shape index (κ3) is 3.99. The Balaban J connectivity index is 1.82. The molecule has 1 saturated heterocycles. The molecule has 0 aromatic heterocycles. The van der Waals surface area contributed by atoms with Crippen LogP contribution in [0.2, 0.25) is 5.02 Å². The number of likely N-dealkylation sites (tertiary alicyclic amines) is 1. The van der Waals surface area contributed by atoms with Gasteiger partial charge in [0.25, 0.3) is 11.7 Å². The van der Waals surface area contributed by atoms with E-state index in [1.165, 1.54) is 17.0 Å². The number of ether oxygens (including phenoxy) is 3. The second kappa shape index (κ2) is 9.10. The number of hydrogen-bond acceptors (Lipinski definition) is 7. The summed E-state index contributed by atoms with van der Waals surface area (Å²) in [5.41, 5.74) is 0.744. The standard InChI is InChI=1S/C23H22ClNO7/c1-30-8-2-7-25-20(13-3-5-16(26)15(24)11-13)19(22(28)23(25)29)21(27)14-4-6-17-18(12-14)32-10-9-31-17/h3-6,11-12,20,26-27H,2,7-10H2,1H3/b21-19-. The molecule has 9 heteroatoms. The minimum Gasteiger partial charge on any atom is -0.507 e. The molecule has 1 fully saturated rings. The molecule has 2 heterocycles. The fourth-order valence-electron chi connectivity index (χ4n) is 3.88. The highest BCUT2D eigenvalue weighted by Gasteiger charge is 2.46. The van der Waals surface area contributed by atoms with Crippen molar-refractivity contribution in [3.05, 3.63) is 58.1 Å². The van der Waals surface area contributed by atoms with Gasteiger partial charge in [-0.05, 0) is 42.3 Å². The summed E-state index contributed by atoms with van der Waals surface area (Å²) < 4.78 is 16.1. The number of halogens is 1. The zero-order chi connectivity index (χ0) is 22.8. The Kier molecular flexibility index (Phi) is 6.25. The molecule has 1 atom stereocenters. The monoisotopic (exact) mass is 459 g/mol. The first kappa shape index (κ1) is 22.0. The van der Waals surface area contributed by atoms with Gasteiger partial charge in [0.15, 0.2) is 11.5 Å². The van der Waals surface area contributed by atoms with Gasteiger partial charge in [-0.15, -0.1) is 0 Å². The lowest BCUT2D eigenvalue weighted by molar-refractivity contribution is -0.140. The molecule has 2 aromatic carbocycles. The summed E-state index contributed by atoms with van der Waals surface area (Å²) in [6.07, 6.45) is 0.496. The Morgan fingerprint density at radius 2 is 1.91 bits per heavy atom. The number of rotatable bonds is 6. The molecule has 2 aliphatic heterocycles. The van der Waals surface area contributed by atoms with Crippen molar-refractivity contribution >= 4 is 29.1 Å². The minimum atomic E-state index is -0.877. The van der Waals surface area contributed by atoms with E-state index in [2.05, 4.69) is 0 Å². The number of phenols is 1. The van der Waals surface area contributed by atoms with Gasteiger partial charge in [0.1, 0.15) is 24.7 Å². The van der Waals surface area contributed by atoms with Crippen LogP contribution in [0.1, 0.15) is 23.6 Å². The van der Waals surface area contributed by atoms with Crippen molar-refractivity contribution in [2.45, 2.75) is 12.5 Å². The highest BCUT2D eigenvalue weighted by molar-refractivity contribution is 6.46. The Bertz CT molecular complexity index is 1100. The first-order chi connectivity index (χ1) is 15.4. The van der Waals surface area contributed by atoms with E-state index in [0.717, 1.165) is 0 Å². The molecule has 2 N–H and O–H groups in total. The summed E-state index contributed by atoms with van der Waals surface area (Å²) in [5, 5.41) is 21.0. The maximum atomic E-state index is 13.0. The number of ketones is 1. The van der Waals surface area contributed by atoms with Crippen molar-refractivity contribution < 1.29 is 34.0 Å². The van der Waals surface area contributed by atoms with E-state index in [1.54, 1.807) is 31.4 Å². The lowest BCUT2D eigenvalue weighted by atomic mass is 9.95. The van der Waals surface area contributed by atoms with Crippen LogP contribution in [0.3, 0.4) is 0 Å². The molecular weight excluding hydrogens is 438 g/mol. The number of benzene rings is 2. The van der Waals surface area contributed by atoms with Crippen LogP contribution >= 0.6 is 11.6 Å². The quantitative estimate of drug-likeness (QED) is 0.295. The number of amides is 1. The van der Waals surface area contributed by atoms with Crippen molar-refractivity contribution in [2.24, 2.45) is 0 Å². The van der Waals surface area contributed by atoms with Crippen LogP contribution in [0, 0.1) is 0 Å². The molecule has 0 spiro atoms. The summed E-state index contributed by atoms with van der Waals surface area (Å²) >= 11 is 6.10. The van der Waals surface area contributed by atoms with Gasteiger partial charge >= 0.3 is 0 Å². The molecule has 0 radical (unpaired) electrons. The lowest BCUT2D eigenvalue weighted by Gasteiger charge is -2.25. The number of hydrogen-bond donors (Lipinski definition) is 2. The number of aliphatic hydroxyl groups excluding tert-OH is 1. The number of carbonyl (C=O) groups excluding carboxylic acids is 2. The van der Waals surface area contributed by atoms with Crippen molar-refractivity contribution in [1.29, 1.82) is 0 Å². The highest BCUT2D eigenvalue weighted by atomic mass is 35.5. The van der Waals surface area contributed by atoms with Crippen LogP contribution in [0.4, 0.5) is 0 Å². The van der Waals surface area contributed by atoms with E-state index in [9.17, 15) is 19.8 Å². The summed E-state index contributed by atoms with van der Waals surface area (Å²) in [6.45, 7) is 1.42. The van der Waals surface area contributed by atoms with E-state index in [0.29, 0.717) is 48.9 Å². The molecule has 2 aliphatic rings. The van der Waals surface area contributed by atoms with Gasteiger partial charge in [0.2, 0.25) is 0 Å². The lowest BCUT2D eigenvalue weighted by Crippen LogP contribution is -2.31. The van der Waals surface area contributed by atoms with Crippen LogP contribution < -0.4 is 9.47 Å². The molecule has 32 heavy (non-hydrogen) atoms. The Hall–Kier alpha value is -3.23. The molecule has 4 rings (SSSR count). The second-order valence-electron chi connectivity index (χ2n) is 7.41. The van der Waals surface area contributed by atoms with Gasteiger partial charge in [-0.2, -0.15) is 0 Å². The van der Waals surface area contributed by atoms with E-state index in [1.807, 2.05) is 0 Å². The average molecular weight is 460 g/mol. The molecule has 0 aliphatic carbocycles. The molecule has 0 bridgehead atoms. The van der Waals surface area contributed by atoms with Crippen LogP contribution in [0.15, 0.2) is 42.0 Å². The fraction of sp³-hybridized carbons (Fsp3) is 0.304. The van der Waals surface area contributed by atoms with E-state index in [-0.39, 0.29) is 28.6 Å². The Morgan fingerprint density at radius 1 is 1.16 bits per heavy atom. The molecule has 1 unspecified atom stereocenters. The van der Waals surface area contributed by atoms with Gasteiger partial charge in [0, 0.05) is 25.8 Å². The first-order valence-electron chi connectivity index (χ1n) is 10.1. The minimum absolute atomic E-state index is 0.0640. The van der Waals surface area contributed by atoms with E-state index < -0.39 is 17.7 Å². The number of phenolic OH excluding ortho intramolecular Hbond substituents is 1. The molecule has 2 aromatic rings. The average Bonchev–Trinajstić information content (AvgIpc) is 3.05. The summed E-state index contributed by atoms with van der Waals surface area (Å²) in [7, 11) is 1.55. The molecule has 8 nitrogen and oxygen atoms in total. The van der Waals surface area contributed by atoms with Gasteiger partial charge in [0.05, 0.1) is 16.6 Å². The van der Waals surface area contributed by atoms with Crippen LogP contribution in [0.25, 0.3) is 5.76 Å². The number of aliphatic hydroxyl groups is 1. The maximum Gasteiger partial charge on any atom is 0.295 e. The third-order valence-electron chi connectivity index (χ3n) is 5.39. The van der Waals surface area contributed by atoms with E-state index in [4.69, 9.17) is 25.8 Å². The van der Waals surface area contributed by atoms with Gasteiger partial charge < -0.3 is 29.3 Å². The Morgan fingerprint density at radius 3 is 2.62 bits per heavy atom. The van der Waals surface area contributed by atoms with Gasteiger partial charge in [-0.3, -0.25) is 9.59 Å². The number of carbonyl (C=O) groups is 2. The normalized spacial score (nSPS) is 19.4. The van der Waals surface area contributed by atoms with Crippen molar-refractivity contribution in [2.75, 3.05) is 33.5 Å². The van der Waals surface area contributed by atoms with Crippen LogP contribution in [-0.4, -0.2) is 60.3 Å². The van der Waals surface area contributed by atoms with Crippen LogP contribution in [-0.2, 0) is 14.3 Å². The summed E-state index contributed by atoms with van der Waals surface area (Å²) in [6, 6.07) is 8.37.